The smallest absolute Gasteiger partial charge is 0.242 e. The van der Waals surface area contributed by atoms with E-state index in [0.29, 0.717) is 18.4 Å². The number of halogens is 1. The van der Waals surface area contributed by atoms with Crippen LogP contribution in [0.1, 0.15) is 18.4 Å². The van der Waals surface area contributed by atoms with E-state index in [9.17, 15) is 16.8 Å². The predicted molar refractivity (Wildman–Crippen MR) is 81.3 cm³/mol. The van der Waals surface area contributed by atoms with Gasteiger partial charge < -0.3 is 5.73 Å². The maximum Gasteiger partial charge on any atom is 0.242 e. The second kappa shape index (κ2) is 6.21. The number of nitrogens with two attached hydrogens (primary N) is 1. The summed E-state index contributed by atoms with van der Waals surface area (Å²) >= 11 is 5.93. The average Bonchev–Trinajstić information content (AvgIpc) is 2.37. The van der Waals surface area contributed by atoms with Gasteiger partial charge in [-0.25, -0.2) is 21.6 Å². The molecule has 3 N–H and O–H groups in total. The summed E-state index contributed by atoms with van der Waals surface area (Å²) in [5.41, 5.74) is 6.13. The molecule has 0 aliphatic carbocycles. The van der Waals surface area contributed by atoms with E-state index < -0.39 is 25.9 Å². The van der Waals surface area contributed by atoms with Gasteiger partial charge in [-0.3, -0.25) is 0 Å². The van der Waals surface area contributed by atoms with Gasteiger partial charge in [0.25, 0.3) is 0 Å². The molecule has 0 bridgehead atoms. The average molecular weight is 353 g/mol. The monoisotopic (exact) mass is 352 g/mol. The highest BCUT2D eigenvalue weighted by Gasteiger charge is 2.29. The third-order valence-corrected chi connectivity index (χ3v) is 7.13. The molecule has 1 aromatic rings. The van der Waals surface area contributed by atoms with Crippen molar-refractivity contribution < 1.29 is 16.8 Å². The second-order valence-electron chi connectivity index (χ2n) is 5.04. The van der Waals surface area contributed by atoms with E-state index in [0.717, 1.165) is 0 Å². The lowest BCUT2D eigenvalue weighted by Crippen LogP contribution is -2.43. The number of hydrogen-bond donors (Lipinski definition) is 2. The lowest BCUT2D eigenvalue weighted by atomic mass is 10.2. The number of benzene rings is 1. The van der Waals surface area contributed by atoms with Crippen LogP contribution in [0.15, 0.2) is 23.1 Å². The topological polar surface area (TPSA) is 106 Å². The summed E-state index contributed by atoms with van der Waals surface area (Å²) < 4.78 is 50.3. The van der Waals surface area contributed by atoms with Gasteiger partial charge in [-0.1, -0.05) is 17.7 Å². The first-order valence-electron chi connectivity index (χ1n) is 6.45. The number of rotatable bonds is 4. The van der Waals surface area contributed by atoms with Crippen LogP contribution in [0.3, 0.4) is 0 Å². The van der Waals surface area contributed by atoms with Crippen LogP contribution in [0.25, 0.3) is 0 Å². The number of nitrogens with one attached hydrogen (secondary N) is 1. The zero-order valence-electron chi connectivity index (χ0n) is 11.2. The van der Waals surface area contributed by atoms with E-state index in [-0.39, 0.29) is 28.0 Å². The molecule has 1 saturated heterocycles. The van der Waals surface area contributed by atoms with E-state index in [1.165, 1.54) is 12.1 Å². The Labute approximate surface area is 129 Å². The van der Waals surface area contributed by atoms with Crippen molar-refractivity contribution in [3.8, 4) is 0 Å². The summed E-state index contributed by atoms with van der Waals surface area (Å²) in [6, 6.07) is 3.90. The van der Waals surface area contributed by atoms with Crippen molar-refractivity contribution in [2.24, 2.45) is 5.73 Å². The van der Waals surface area contributed by atoms with Crippen LogP contribution in [0.4, 0.5) is 0 Å². The third-order valence-electron chi connectivity index (χ3n) is 3.31. The lowest BCUT2D eigenvalue weighted by molar-refractivity contribution is 0.517. The summed E-state index contributed by atoms with van der Waals surface area (Å²) in [5, 5.41) is 0.0818. The van der Waals surface area contributed by atoms with E-state index in [2.05, 4.69) is 4.72 Å². The first kappa shape index (κ1) is 16.7. The molecule has 0 saturated carbocycles. The third kappa shape index (κ3) is 4.17. The van der Waals surface area contributed by atoms with Crippen LogP contribution >= 0.6 is 11.6 Å². The second-order valence-corrected chi connectivity index (χ2v) is 9.36. The van der Waals surface area contributed by atoms with Gasteiger partial charge in [0.1, 0.15) is 4.90 Å². The highest BCUT2D eigenvalue weighted by molar-refractivity contribution is 7.91. The molecular weight excluding hydrogens is 336 g/mol. The van der Waals surface area contributed by atoms with Gasteiger partial charge in [0.15, 0.2) is 9.84 Å². The molecule has 1 atom stereocenters. The van der Waals surface area contributed by atoms with Crippen LogP contribution in [0.5, 0.6) is 0 Å². The number of hydrogen-bond acceptors (Lipinski definition) is 5. The zero-order chi connectivity index (χ0) is 15.7. The first-order valence-corrected chi connectivity index (χ1v) is 10.1. The predicted octanol–water partition coefficient (Wildman–Crippen LogP) is 0.654. The summed E-state index contributed by atoms with van der Waals surface area (Å²) in [6.45, 7) is 0.192. The Morgan fingerprint density at radius 2 is 2.10 bits per heavy atom. The van der Waals surface area contributed by atoms with Gasteiger partial charge in [-0.15, -0.1) is 0 Å². The molecule has 6 nitrogen and oxygen atoms in total. The Kier molecular flexibility index (Phi) is 4.94. The fourth-order valence-electron chi connectivity index (χ4n) is 2.28. The molecule has 0 amide bonds. The Morgan fingerprint density at radius 1 is 1.38 bits per heavy atom. The van der Waals surface area contributed by atoms with Gasteiger partial charge in [0, 0.05) is 12.6 Å². The Hall–Kier alpha value is -0.670. The van der Waals surface area contributed by atoms with E-state index in [4.69, 9.17) is 17.3 Å². The highest BCUT2D eigenvalue weighted by Crippen LogP contribution is 2.24. The lowest BCUT2D eigenvalue weighted by Gasteiger charge is -2.23. The fraction of sp³-hybridized carbons (Fsp3) is 0.500. The molecular formula is C12H17ClN2O4S2. The fourth-order valence-corrected chi connectivity index (χ4v) is 5.84. The molecule has 21 heavy (non-hydrogen) atoms. The Morgan fingerprint density at radius 3 is 2.71 bits per heavy atom. The molecule has 1 aromatic carbocycles. The molecule has 2 rings (SSSR count). The van der Waals surface area contributed by atoms with Gasteiger partial charge in [0.05, 0.1) is 16.5 Å². The SMILES string of the molecule is NCc1ccc(Cl)c(S(=O)(=O)NC2CCCS(=O)(=O)C2)c1. The summed E-state index contributed by atoms with van der Waals surface area (Å²) in [7, 11) is -7.06. The van der Waals surface area contributed by atoms with Crippen molar-refractivity contribution >= 4 is 31.5 Å². The largest absolute Gasteiger partial charge is 0.326 e. The van der Waals surface area contributed by atoms with Crippen molar-refractivity contribution in [3.63, 3.8) is 0 Å². The van der Waals surface area contributed by atoms with Crippen molar-refractivity contribution in [1.29, 1.82) is 0 Å². The van der Waals surface area contributed by atoms with Crippen LogP contribution in [-0.4, -0.2) is 34.4 Å². The molecule has 1 unspecified atom stereocenters. The van der Waals surface area contributed by atoms with Crippen LogP contribution in [-0.2, 0) is 26.4 Å². The molecule has 1 fully saturated rings. The van der Waals surface area contributed by atoms with Crippen molar-refractivity contribution in [1.82, 2.24) is 4.72 Å². The van der Waals surface area contributed by atoms with E-state index in [1.54, 1.807) is 6.07 Å². The highest BCUT2D eigenvalue weighted by atomic mass is 35.5. The summed E-state index contributed by atoms with van der Waals surface area (Å²) in [4.78, 5) is -0.0740. The van der Waals surface area contributed by atoms with Gasteiger partial charge in [-0.05, 0) is 30.5 Å². The van der Waals surface area contributed by atoms with Gasteiger partial charge >= 0.3 is 0 Å². The Bertz CT molecular complexity index is 732. The normalized spacial score (nSPS) is 22.1. The molecule has 0 aromatic heterocycles. The van der Waals surface area contributed by atoms with Crippen LogP contribution in [0.2, 0.25) is 5.02 Å². The van der Waals surface area contributed by atoms with E-state index >= 15 is 0 Å². The minimum atomic E-state index is -3.88. The number of sulfone groups is 1. The van der Waals surface area contributed by atoms with E-state index in [1.807, 2.05) is 0 Å². The summed E-state index contributed by atoms with van der Waals surface area (Å²) in [6.07, 6.45) is 0.943. The van der Waals surface area contributed by atoms with Crippen molar-refractivity contribution in [3.05, 3.63) is 28.8 Å². The molecule has 1 aliphatic heterocycles. The minimum absolute atomic E-state index is 0.0740. The molecule has 1 heterocycles. The molecule has 1 aliphatic rings. The summed E-state index contributed by atoms with van der Waals surface area (Å²) in [5.74, 6) is -0.0743. The Balaban J connectivity index is 2.26. The maximum atomic E-state index is 12.4. The van der Waals surface area contributed by atoms with Crippen LogP contribution < -0.4 is 10.5 Å². The molecule has 9 heteroatoms. The maximum absolute atomic E-state index is 12.4. The van der Waals surface area contributed by atoms with Crippen molar-refractivity contribution in [2.45, 2.75) is 30.3 Å². The van der Waals surface area contributed by atoms with Crippen LogP contribution in [0, 0.1) is 0 Å². The zero-order valence-corrected chi connectivity index (χ0v) is 13.6. The number of sulfonamides is 1. The molecule has 0 spiro atoms. The van der Waals surface area contributed by atoms with Crippen molar-refractivity contribution in [2.75, 3.05) is 11.5 Å². The van der Waals surface area contributed by atoms with Gasteiger partial charge in [-0.2, -0.15) is 0 Å². The van der Waals surface area contributed by atoms with Gasteiger partial charge in [0.2, 0.25) is 10.0 Å². The molecule has 118 valence electrons. The standard InChI is InChI=1S/C12H17ClN2O4S2/c13-11-4-3-9(7-14)6-12(11)21(18,19)15-10-2-1-5-20(16,17)8-10/h3-4,6,10,15H,1-2,5,7-8,14H2. The molecule has 0 radical (unpaired) electrons. The minimum Gasteiger partial charge on any atom is -0.326 e. The first-order chi connectivity index (χ1) is 9.73. The quantitative estimate of drug-likeness (QED) is 0.827.